The summed E-state index contributed by atoms with van der Waals surface area (Å²) in [5, 5.41) is 0.805. The Kier molecular flexibility index (Phi) is 10.5. The van der Waals surface area contributed by atoms with Gasteiger partial charge in [-0.2, -0.15) is 0 Å². The lowest BCUT2D eigenvalue weighted by Gasteiger charge is -2.32. The van der Waals surface area contributed by atoms with Crippen LogP contribution in [0.15, 0.2) is 36.4 Å². The Labute approximate surface area is 234 Å². The monoisotopic (exact) mass is 589 g/mol. The molecule has 0 N–H and O–H groups in total. The normalized spacial score (nSPS) is 17.3. The number of hydrogen-bond donors (Lipinski definition) is 0. The molecule has 1 fully saturated rings. The Bertz CT molecular complexity index is 1100. The fraction of sp³-hybridized carbons (Fsp3) is 0.533. The number of carbonyl (C=O) groups is 2. The van der Waals surface area contributed by atoms with Gasteiger partial charge in [0, 0.05) is 23.0 Å². The third kappa shape index (κ3) is 7.22. The van der Waals surface area contributed by atoms with Crippen LogP contribution in [0, 0.1) is 12.8 Å². The summed E-state index contributed by atoms with van der Waals surface area (Å²) < 4.78 is 23.6. The van der Waals surface area contributed by atoms with Gasteiger partial charge in [-0.15, -0.1) is 0 Å². The van der Waals surface area contributed by atoms with Gasteiger partial charge in [0.05, 0.1) is 19.8 Å². The number of hydrogen-bond acceptors (Lipinski definition) is 6. The molecule has 0 aliphatic carbocycles. The van der Waals surface area contributed by atoms with Crippen LogP contribution < -0.4 is 14.2 Å². The van der Waals surface area contributed by atoms with E-state index in [1.807, 2.05) is 52.0 Å². The average Bonchev–Trinajstić information content (AvgIpc) is 3.27. The molecule has 1 amide bonds. The number of amides is 1. The summed E-state index contributed by atoms with van der Waals surface area (Å²) in [7, 11) is 1.59. The highest BCUT2D eigenvalue weighted by atomic mass is 79.9. The SMILES string of the molecule is CCCCOc1cc(C2C(CCBr)CCN2C(=O)OC(C)(C)C)c(OC)c(C)c1C(=O)Oc1ccccc1. The maximum absolute atomic E-state index is 13.4. The van der Waals surface area contributed by atoms with Crippen molar-refractivity contribution in [3.8, 4) is 17.2 Å². The average molecular weight is 591 g/mol. The second-order valence-electron chi connectivity index (χ2n) is 10.5. The predicted molar refractivity (Wildman–Crippen MR) is 152 cm³/mol. The molecule has 208 valence electrons. The van der Waals surface area contributed by atoms with Crippen LogP contribution in [-0.2, 0) is 4.74 Å². The van der Waals surface area contributed by atoms with Crippen molar-refractivity contribution in [1.29, 1.82) is 0 Å². The largest absolute Gasteiger partial charge is 0.496 e. The van der Waals surface area contributed by atoms with E-state index in [9.17, 15) is 9.59 Å². The molecule has 7 nitrogen and oxygen atoms in total. The second kappa shape index (κ2) is 13.4. The Morgan fingerprint density at radius 2 is 1.87 bits per heavy atom. The first kappa shape index (κ1) is 29.8. The summed E-state index contributed by atoms with van der Waals surface area (Å²) in [6, 6.07) is 10.5. The van der Waals surface area contributed by atoms with Crippen molar-refractivity contribution in [2.45, 2.75) is 71.9 Å². The number of para-hydroxylation sites is 1. The maximum Gasteiger partial charge on any atom is 0.410 e. The molecule has 2 atom stereocenters. The van der Waals surface area contributed by atoms with E-state index in [4.69, 9.17) is 18.9 Å². The highest BCUT2D eigenvalue weighted by molar-refractivity contribution is 9.09. The third-order valence-corrected chi connectivity index (χ3v) is 7.04. The molecule has 0 spiro atoms. The Morgan fingerprint density at radius 1 is 1.16 bits per heavy atom. The number of carbonyl (C=O) groups excluding carboxylic acids is 2. The number of ether oxygens (including phenoxy) is 4. The number of esters is 1. The standard InChI is InChI=1S/C30H40BrNO6/c1-7-8-18-36-24-19-23(26-21(14-16-31)15-17-32(26)29(34)38-30(3,4)5)27(35-6)20(2)25(24)28(33)37-22-12-10-9-11-13-22/h9-13,19,21,26H,7-8,14-18H2,1-6H3. The minimum Gasteiger partial charge on any atom is -0.496 e. The molecule has 0 bridgehead atoms. The number of alkyl halides is 1. The molecule has 8 heteroatoms. The van der Waals surface area contributed by atoms with Crippen molar-refractivity contribution >= 4 is 28.0 Å². The zero-order valence-corrected chi connectivity index (χ0v) is 24.9. The maximum atomic E-state index is 13.4. The second-order valence-corrected chi connectivity index (χ2v) is 11.3. The lowest BCUT2D eigenvalue weighted by Crippen LogP contribution is -2.37. The zero-order valence-electron chi connectivity index (χ0n) is 23.3. The molecular weight excluding hydrogens is 550 g/mol. The van der Waals surface area contributed by atoms with Crippen molar-refractivity contribution in [3.05, 3.63) is 53.1 Å². The highest BCUT2D eigenvalue weighted by Gasteiger charge is 2.42. The summed E-state index contributed by atoms with van der Waals surface area (Å²) in [6.07, 6.45) is 3.14. The summed E-state index contributed by atoms with van der Waals surface area (Å²) in [4.78, 5) is 28.5. The molecule has 2 aromatic carbocycles. The van der Waals surface area contributed by atoms with E-state index in [2.05, 4.69) is 22.9 Å². The van der Waals surface area contributed by atoms with Crippen molar-refractivity contribution < 1.29 is 28.5 Å². The number of nitrogens with zero attached hydrogens (tertiary/aromatic N) is 1. The summed E-state index contributed by atoms with van der Waals surface area (Å²) >= 11 is 3.58. The number of benzene rings is 2. The van der Waals surface area contributed by atoms with Crippen molar-refractivity contribution in [3.63, 3.8) is 0 Å². The van der Waals surface area contributed by atoms with Gasteiger partial charge >= 0.3 is 12.1 Å². The fourth-order valence-electron chi connectivity index (χ4n) is 4.87. The number of rotatable bonds is 10. The van der Waals surface area contributed by atoms with Crippen LogP contribution in [0.1, 0.15) is 80.9 Å². The predicted octanol–water partition coefficient (Wildman–Crippen LogP) is 7.48. The molecule has 0 saturated carbocycles. The minimum absolute atomic E-state index is 0.181. The third-order valence-electron chi connectivity index (χ3n) is 6.58. The first-order valence-electron chi connectivity index (χ1n) is 13.3. The number of halogens is 1. The van der Waals surface area contributed by atoms with Crippen LogP contribution in [0.5, 0.6) is 17.2 Å². The first-order chi connectivity index (χ1) is 18.1. The van der Waals surface area contributed by atoms with Crippen LogP contribution in [0.4, 0.5) is 4.79 Å². The number of methoxy groups -OCH3 is 1. The van der Waals surface area contributed by atoms with E-state index in [-0.39, 0.29) is 18.1 Å². The van der Waals surface area contributed by atoms with E-state index in [0.29, 0.717) is 41.5 Å². The van der Waals surface area contributed by atoms with E-state index in [0.717, 1.165) is 36.6 Å². The molecule has 0 aromatic heterocycles. The fourth-order valence-corrected chi connectivity index (χ4v) is 5.46. The van der Waals surface area contributed by atoms with Crippen LogP contribution in [0.25, 0.3) is 0 Å². The lowest BCUT2D eigenvalue weighted by molar-refractivity contribution is 0.0202. The van der Waals surface area contributed by atoms with Crippen LogP contribution in [0.2, 0.25) is 0 Å². The van der Waals surface area contributed by atoms with E-state index in [1.54, 1.807) is 24.1 Å². The Hall–Kier alpha value is -2.74. The summed E-state index contributed by atoms with van der Waals surface area (Å²) in [6.45, 7) is 10.5. The van der Waals surface area contributed by atoms with Crippen molar-refractivity contribution in [2.24, 2.45) is 5.92 Å². The number of likely N-dealkylation sites (tertiary alicyclic amines) is 1. The molecule has 1 aliphatic rings. The molecule has 38 heavy (non-hydrogen) atoms. The highest BCUT2D eigenvalue weighted by Crippen LogP contribution is 2.47. The van der Waals surface area contributed by atoms with Gasteiger partial charge in [0.2, 0.25) is 0 Å². The smallest absolute Gasteiger partial charge is 0.410 e. The first-order valence-corrected chi connectivity index (χ1v) is 14.4. The van der Waals surface area contributed by atoms with Crippen LogP contribution in [-0.4, -0.2) is 48.2 Å². The van der Waals surface area contributed by atoms with Gasteiger partial charge in [-0.25, -0.2) is 9.59 Å². The van der Waals surface area contributed by atoms with Gasteiger partial charge in [-0.3, -0.25) is 0 Å². The Balaban J connectivity index is 2.12. The molecule has 1 aliphatic heterocycles. The van der Waals surface area contributed by atoms with Gasteiger partial charge in [0.1, 0.15) is 28.4 Å². The zero-order chi connectivity index (χ0) is 27.9. The molecule has 1 heterocycles. The topological polar surface area (TPSA) is 74.3 Å². The van der Waals surface area contributed by atoms with E-state index in [1.165, 1.54) is 0 Å². The van der Waals surface area contributed by atoms with Crippen molar-refractivity contribution in [2.75, 3.05) is 25.6 Å². The van der Waals surface area contributed by atoms with Crippen LogP contribution in [0.3, 0.4) is 0 Å². The van der Waals surface area contributed by atoms with E-state index >= 15 is 0 Å². The molecule has 1 saturated heterocycles. The number of unbranched alkanes of at least 4 members (excludes halogenated alkanes) is 1. The molecule has 2 unspecified atom stereocenters. The van der Waals surface area contributed by atoms with Gasteiger partial charge in [-0.05, 0) is 71.1 Å². The van der Waals surface area contributed by atoms with Crippen LogP contribution >= 0.6 is 15.9 Å². The molecule has 3 rings (SSSR count). The minimum atomic E-state index is -0.616. The molecule has 2 aromatic rings. The lowest BCUT2D eigenvalue weighted by atomic mass is 9.88. The molecular formula is C30H40BrNO6. The Morgan fingerprint density at radius 3 is 2.47 bits per heavy atom. The van der Waals surface area contributed by atoms with E-state index < -0.39 is 11.6 Å². The van der Waals surface area contributed by atoms with Gasteiger partial charge in [0.15, 0.2) is 0 Å². The quantitative estimate of drug-likeness (QED) is 0.124. The van der Waals surface area contributed by atoms with Crippen molar-refractivity contribution in [1.82, 2.24) is 4.90 Å². The van der Waals surface area contributed by atoms with Gasteiger partial charge < -0.3 is 23.8 Å². The molecule has 0 radical (unpaired) electrons. The van der Waals surface area contributed by atoms with Gasteiger partial charge in [0.25, 0.3) is 0 Å². The summed E-state index contributed by atoms with van der Waals surface area (Å²) in [5.41, 5.74) is 1.13. The summed E-state index contributed by atoms with van der Waals surface area (Å²) in [5.74, 6) is 1.09. The van der Waals surface area contributed by atoms with Gasteiger partial charge in [-0.1, -0.05) is 47.5 Å².